The molecule has 0 unspecified atom stereocenters. The van der Waals surface area contributed by atoms with Crippen LogP contribution in [0.15, 0.2) is 11.1 Å². The van der Waals surface area contributed by atoms with Crippen molar-refractivity contribution in [3.63, 3.8) is 0 Å². The van der Waals surface area contributed by atoms with Crippen LogP contribution in [-0.4, -0.2) is 5.78 Å². The van der Waals surface area contributed by atoms with Crippen LogP contribution >= 0.6 is 15.9 Å². The fraction of sp³-hybridized carbons (Fsp3) is 0.625. The number of carbonyl (C=O) groups excluding carboxylic acids is 1. The SMILES string of the molecule is CCCCCC(=O)/C=C\Br. The molecule has 2 heteroatoms. The van der Waals surface area contributed by atoms with Gasteiger partial charge in [0.15, 0.2) is 5.78 Å². The maximum atomic E-state index is 10.8. The van der Waals surface area contributed by atoms with Gasteiger partial charge in [-0.3, -0.25) is 4.79 Å². The van der Waals surface area contributed by atoms with Crippen molar-refractivity contribution in [1.82, 2.24) is 0 Å². The molecule has 0 aromatic carbocycles. The highest BCUT2D eigenvalue weighted by Gasteiger charge is 1.93. The van der Waals surface area contributed by atoms with Gasteiger partial charge in [-0.2, -0.15) is 0 Å². The van der Waals surface area contributed by atoms with E-state index in [0.717, 1.165) is 12.8 Å². The zero-order valence-electron chi connectivity index (χ0n) is 6.27. The van der Waals surface area contributed by atoms with Crippen LogP contribution in [0.1, 0.15) is 32.6 Å². The number of ketones is 1. The standard InChI is InChI=1S/C8H13BrO/c1-2-3-4-5-8(10)6-7-9/h6-7H,2-5H2,1H3/b7-6-. The molecule has 0 aliphatic carbocycles. The van der Waals surface area contributed by atoms with Crippen molar-refractivity contribution in [2.24, 2.45) is 0 Å². The quantitative estimate of drug-likeness (QED) is 0.498. The van der Waals surface area contributed by atoms with E-state index in [1.165, 1.54) is 6.42 Å². The Kier molecular flexibility index (Phi) is 6.93. The fourth-order valence-electron chi connectivity index (χ4n) is 0.703. The summed E-state index contributed by atoms with van der Waals surface area (Å²) in [6, 6.07) is 0. The Hall–Kier alpha value is -0.110. The number of rotatable bonds is 5. The molecular formula is C8H13BrO. The van der Waals surface area contributed by atoms with E-state index in [1.807, 2.05) is 0 Å². The molecule has 0 radical (unpaired) electrons. The first kappa shape index (κ1) is 9.89. The van der Waals surface area contributed by atoms with E-state index in [2.05, 4.69) is 22.9 Å². The smallest absolute Gasteiger partial charge is 0.156 e. The normalized spacial score (nSPS) is 10.6. The van der Waals surface area contributed by atoms with Gasteiger partial charge in [-0.05, 0) is 17.5 Å². The molecule has 0 amide bonds. The van der Waals surface area contributed by atoms with Gasteiger partial charge in [0.05, 0.1) is 0 Å². The van der Waals surface area contributed by atoms with Crippen LogP contribution in [0.4, 0.5) is 0 Å². The van der Waals surface area contributed by atoms with Gasteiger partial charge in [-0.25, -0.2) is 0 Å². The molecule has 1 nitrogen and oxygen atoms in total. The van der Waals surface area contributed by atoms with Gasteiger partial charge < -0.3 is 0 Å². The lowest BCUT2D eigenvalue weighted by Gasteiger charge is -1.92. The Labute approximate surface area is 70.6 Å². The Bertz CT molecular complexity index is 118. The summed E-state index contributed by atoms with van der Waals surface area (Å²) < 4.78 is 0. The van der Waals surface area contributed by atoms with Crippen LogP contribution in [0, 0.1) is 0 Å². The second-order valence-corrected chi connectivity index (χ2v) is 2.74. The van der Waals surface area contributed by atoms with Gasteiger partial charge in [0.2, 0.25) is 0 Å². The maximum absolute atomic E-state index is 10.8. The molecule has 0 saturated carbocycles. The predicted octanol–water partition coefficient (Wildman–Crippen LogP) is 3.04. The molecule has 0 atom stereocenters. The topological polar surface area (TPSA) is 17.1 Å². The predicted molar refractivity (Wildman–Crippen MR) is 47.2 cm³/mol. The zero-order chi connectivity index (χ0) is 7.82. The van der Waals surface area contributed by atoms with Crippen LogP contribution in [0.5, 0.6) is 0 Å². The molecule has 0 heterocycles. The molecule has 0 aliphatic rings. The molecule has 0 N–H and O–H groups in total. The van der Waals surface area contributed by atoms with Crippen LogP contribution in [-0.2, 0) is 4.79 Å². The van der Waals surface area contributed by atoms with Crippen molar-refractivity contribution >= 4 is 21.7 Å². The van der Waals surface area contributed by atoms with Crippen molar-refractivity contribution in [3.8, 4) is 0 Å². The lowest BCUT2D eigenvalue weighted by atomic mass is 10.1. The van der Waals surface area contributed by atoms with Crippen molar-refractivity contribution in [3.05, 3.63) is 11.1 Å². The average molecular weight is 205 g/mol. The highest BCUT2D eigenvalue weighted by atomic mass is 79.9. The van der Waals surface area contributed by atoms with E-state index in [-0.39, 0.29) is 5.78 Å². The summed E-state index contributed by atoms with van der Waals surface area (Å²) >= 11 is 3.06. The molecule has 58 valence electrons. The van der Waals surface area contributed by atoms with Gasteiger partial charge in [0.1, 0.15) is 0 Å². The molecule has 0 rings (SSSR count). The van der Waals surface area contributed by atoms with Gasteiger partial charge in [-0.1, -0.05) is 35.7 Å². The molecule has 0 aromatic heterocycles. The average Bonchev–Trinajstić information content (AvgIpc) is 1.89. The van der Waals surface area contributed by atoms with Crippen molar-refractivity contribution in [2.45, 2.75) is 32.6 Å². The Morgan fingerprint density at radius 2 is 2.20 bits per heavy atom. The number of halogens is 1. The van der Waals surface area contributed by atoms with Crippen LogP contribution in [0.25, 0.3) is 0 Å². The zero-order valence-corrected chi connectivity index (χ0v) is 7.86. The van der Waals surface area contributed by atoms with Crippen molar-refractivity contribution in [2.75, 3.05) is 0 Å². The summed E-state index contributed by atoms with van der Waals surface area (Å²) in [5.41, 5.74) is 0. The lowest BCUT2D eigenvalue weighted by molar-refractivity contribution is -0.114. The third kappa shape index (κ3) is 6.02. The lowest BCUT2D eigenvalue weighted by Crippen LogP contribution is -1.90. The first-order valence-electron chi connectivity index (χ1n) is 3.61. The van der Waals surface area contributed by atoms with E-state index in [4.69, 9.17) is 0 Å². The third-order valence-corrected chi connectivity index (χ3v) is 1.54. The first-order chi connectivity index (χ1) is 4.81. The molecule has 0 spiro atoms. The van der Waals surface area contributed by atoms with E-state index in [1.54, 1.807) is 11.1 Å². The number of hydrogen-bond acceptors (Lipinski definition) is 1. The Balaban J connectivity index is 3.22. The summed E-state index contributed by atoms with van der Waals surface area (Å²) in [5.74, 6) is 0.213. The Morgan fingerprint density at radius 3 is 2.70 bits per heavy atom. The minimum atomic E-state index is 0.213. The minimum Gasteiger partial charge on any atom is -0.295 e. The molecule has 0 saturated heterocycles. The van der Waals surface area contributed by atoms with Gasteiger partial charge in [-0.15, -0.1) is 0 Å². The molecule has 0 bridgehead atoms. The third-order valence-electron chi connectivity index (χ3n) is 1.28. The number of allylic oxidation sites excluding steroid dienone is 1. The first-order valence-corrected chi connectivity index (χ1v) is 4.52. The second-order valence-electron chi connectivity index (χ2n) is 2.22. The van der Waals surface area contributed by atoms with E-state index in [0.29, 0.717) is 6.42 Å². The second kappa shape index (κ2) is 7.00. The van der Waals surface area contributed by atoms with Crippen LogP contribution in [0.3, 0.4) is 0 Å². The summed E-state index contributed by atoms with van der Waals surface area (Å²) in [7, 11) is 0. The molecule has 0 aliphatic heterocycles. The summed E-state index contributed by atoms with van der Waals surface area (Å²) in [5, 5.41) is 0. The highest BCUT2D eigenvalue weighted by Crippen LogP contribution is 2.00. The van der Waals surface area contributed by atoms with Crippen molar-refractivity contribution < 1.29 is 4.79 Å². The number of hydrogen-bond donors (Lipinski definition) is 0. The fourth-order valence-corrected chi connectivity index (χ4v) is 0.998. The molecule has 10 heavy (non-hydrogen) atoms. The monoisotopic (exact) mass is 204 g/mol. The van der Waals surface area contributed by atoms with Crippen LogP contribution < -0.4 is 0 Å². The summed E-state index contributed by atoms with van der Waals surface area (Å²) in [6.45, 7) is 2.13. The molecule has 0 aromatic rings. The largest absolute Gasteiger partial charge is 0.295 e. The van der Waals surface area contributed by atoms with Crippen LogP contribution in [0.2, 0.25) is 0 Å². The van der Waals surface area contributed by atoms with Gasteiger partial charge in [0.25, 0.3) is 0 Å². The summed E-state index contributed by atoms with van der Waals surface area (Å²) in [6.07, 6.45) is 5.60. The molecular weight excluding hydrogens is 192 g/mol. The van der Waals surface area contributed by atoms with E-state index >= 15 is 0 Å². The highest BCUT2D eigenvalue weighted by molar-refractivity contribution is 9.11. The number of carbonyl (C=O) groups is 1. The summed E-state index contributed by atoms with van der Waals surface area (Å²) in [4.78, 5) is 12.4. The van der Waals surface area contributed by atoms with E-state index in [9.17, 15) is 4.79 Å². The Morgan fingerprint density at radius 1 is 1.50 bits per heavy atom. The number of unbranched alkanes of at least 4 members (excludes halogenated alkanes) is 2. The molecule has 0 fully saturated rings. The van der Waals surface area contributed by atoms with Gasteiger partial charge >= 0.3 is 0 Å². The maximum Gasteiger partial charge on any atom is 0.156 e. The van der Waals surface area contributed by atoms with E-state index < -0.39 is 0 Å². The van der Waals surface area contributed by atoms with Gasteiger partial charge in [0, 0.05) is 6.42 Å². The minimum absolute atomic E-state index is 0.213. The van der Waals surface area contributed by atoms with Crippen molar-refractivity contribution in [1.29, 1.82) is 0 Å².